The van der Waals surface area contributed by atoms with Gasteiger partial charge in [-0.15, -0.1) is 0 Å². The minimum atomic E-state index is 0.733. The molecule has 0 bridgehead atoms. The van der Waals surface area contributed by atoms with Crippen LogP contribution in [0.5, 0.6) is 0 Å². The van der Waals surface area contributed by atoms with Crippen molar-refractivity contribution in [1.29, 1.82) is 0 Å². The summed E-state index contributed by atoms with van der Waals surface area (Å²) in [5.74, 6) is 0.733. The zero-order valence-corrected chi connectivity index (χ0v) is 10.5. The molecule has 0 aliphatic carbocycles. The maximum absolute atomic E-state index is 4.31. The molecule has 1 aromatic carbocycles. The largest absolute Gasteiger partial charge is 0.236 e. The molecule has 0 aliphatic rings. The van der Waals surface area contributed by atoms with Crippen LogP contribution >= 0.6 is 0 Å². The van der Waals surface area contributed by atoms with E-state index in [2.05, 4.69) is 20.2 Å². The lowest BCUT2D eigenvalue weighted by Crippen LogP contribution is -1.90. The van der Waals surface area contributed by atoms with Crippen LogP contribution in [0.15, 0.2) is 55.0 Å². The molecule has 0 spiro atoms. The van der Waals surface area contributed by atoms with Gasteiger partial charge in [-0.25, -0.2) is 9.97 Å². The lowest BCUT2D eigenvalue weighted by molar-refractivity contribution is 1.04. The highest BCUT2D eigenvalue weighted by atomic mass is 15.1. The Balaban J connectivity index is 1.93. The molecule has 3 rings (SSSR count). The Kier molecular flexibility index (Phi) is 2.98. The van der Waals surface area contributed by atoms with Gasteiger partial charge in [0.1, 0.15) is 0 Å². The maximum atomic E-state index is 4.31. The molecule has 19 heavy (non-hydrogen) atoms. The molecule has 0 radical (unpaired) electrons. The van der Waals surface area contributed by atoms with E-state index in [1.54, 1.807) is 6.20 Å². The van der Waals surface area contributed by atoms with Crippen LogP contribution in [-0.4, -0.2) is 20.2 Å². The fourth-order valence-corrected chi connectivity index (χ4v) is 1.79. The highest BCUT2D eigenvalue weighted by Gasteiger charge is 2.02. The lowest BCUT2D eigenvalue weighted by Gasteiger charge is -2.02. The van der Waals surface area contributed by atoms with Crippen LogP contribution in [0.3, 0.4) is 0 Å². The van der Waals surface area contributed by atoms with Crippen LogP contribution in [0.2, 0.25) is 0 Å². The van der Waals surface area contributed by atoms with Gasteiger partial charge in [0.2, 0.25) is 0 Å². The van der Waals surface area contributed by atoms with Crippen LogP contribution in [0.1, 0.15) is 5.56 Å². The molecule has 2 heterocycles. The van der Waals surface area contributed by atoms with Crippen LogP contribution in [0.25, 0.3) is 22.6 Å². The first-order chi connectivity index (χ1) is 9.33. The third-order valence-corrected chi connectivity index (χ3v) is 2.79. The van der Waals surface area contributed by atoms with E-state index >= 15 is 0 Å². The highest BCUT2D eigenvalue weighted by Crippen LogP contribution is 2.20. The first kappa shape index (κ1) is 11.5. The van der Waals surface area contributed by atoms with E-state index < -0.39 is 0 Å². The Morgan fingerprint density at radius 3 is 2.16 bits per heavy atom. The van der Waals surface area contributed by atoms with E-state index in [0.29, 0.717) is 0 Å². The Hall–Kier alpha value is -2.62. The summed E-state index contributed by atoms with van der Waals surface area (Å²) in [5.41, 5.74) is 3.94. The van der Waals surface area contributed by atoms with E-state index in [9.17, 15) is 0 Å². The minimum Gasteiger partial charge on any atom is -0.236 e. The van der Waals surface area contributed by atoms with Crippen molar-refractivity contribution >= 4 is 0 Å². The van der Waals surface area contributed by atoms with Crippen molar-refractivity contribution in [2.24, 2.45) is 0 Å². The molecule has 3 aromatic rings. The van der Waals surface area contributed by atoms with Gasteiger partial charge in [-0.3, -0.25) is 0 Å². The van der Waals surface area contributed by atoms with Gasteiger partial charge in [0.25, 0.3) is 0 Å². The molecule has 0 saturated carbocycles. The number of benzene rings is 1. The van der Waals surface area contributed by atoms with Gasteiger partial charge >= 0.3 is 0 Å². The van der Waals surface area contributed by atoms with Gasteiger partial charge in [0.15, 0.2) is 5.82 Å². The molecule has 0 unspecified atom stereocenters. The summed E-state index contributed by atoms with van der Waals surface area (Å²) in [6.07, 6.45) is 5.30. The Morgan fingerprint density at radius 1 is 0.842 bits per heavy atom. The molecular formula is C15H12N4. The molecule has 92 valence electrons. The predicted octanol–water partition coefficient (Wildman–Crippen LogP) is 2.91. The summed E-state index contributed by atoms with van der Waals surface area (Å²) in [5, 5.41) is 7.96. The van der Waals surface area contributed by atoms with Crippen molar-refractivity contribution in [3.63, 3.8) is 0 Å². The topological polar surface area (TPSA) is 51.6 Å². The number of aryl methyl sites for hydroxylation is 1. The summed E-state index contributed by atoms with van der Waals surface area (Å²) in [7, 11) is 0. The molecule has 0 N–H and O–H groups in total. The molecule has 0 aliphatic heterocycles. The Labute approximate surface area is 111 Å². The van der Waals surface area contributed by atoms with Gasteiger partial charge in [-0.05, 0) is 24.6 Å². The van der Waals surface area contributed by atoms with E-state index in [1.807, 2.05) is 55.7 Å². The average molecular weight is 248 g/mol. The average Bonchev–Trinajstić information content (AvgIpc) is 2.49. The summed E-state index contributed by atoms with van der Waals surface area (Å²) < 4.78 is 0. The SMILES string of the molecule is Cc1cnc(-c2ccc(-c3cccnn3)cc2)nc1. The van der Waals surface area contributed by atoms with E-state index in [1.165, 1.54) is 0 Å². The van der Waals surface area contributed by atoms with E-state index in [0.717, 1.165) is 28.2 Å². The van der Waals surface area contributed by atoms with Crippen LogP contribution < -0.4 is 0 Å². The van der Waals surface area contributed by atoms with Crippen LogP contribution in [0.4, 0.5) is 0 Å². The number of hydrogen-bond donors (Lipinski definition) is 0. The van der Waals surface area contributed by atoms with E-state index in [4.69, 9.17) is 0 Å². The summed E-state index contributed by atoms with van der Waals surface area (Å²) >= 11 is 0. The third-order valence-electron chi connectivity index (χ3n) is 2.79. The van der Waals surface area contributed by atoms with Crippen molar-refractivity contribution in [3.8, 4) is 22.6 Å². The second-order valence-corrected chi connectivity index (χ2v) is 4.27. The van der Waals surface area contributed by atoms with Gasteiger partial charge < -0.3 is 0 Å². The fourth-order valence-electron chi connectivity index (χ4n) is 1.79. The number of rotatable bonds is 2. The van der Waals surface area contributed by atoms with Crippen LogP contribution in [-0.2, 0) is 0 Å². The van der Waals surface area contributed by atoms with Gasteiger partial charge in [-0.1, -0.05) is 24.3 Å². The molecule has 4 nitrogen and oxygen atoms in total. The summed E-state index contributed by atoms with van der Waals surface area (Å²) in [6, 6.07) is 11.8. The monoisotopic (exact) mass is 248 g/mol. The van der Waals surface area contributed by atoms with Crippen molar-refractivity contribution < 1.29 is 0 Å². The first-order valence-electron chi connectivity index (χ1n) is 6.00. The van der Waals surface area contributed by atoms with Gasteiger partial charge in [0.05, 0.1) is 5.69 Å². The van der Waals surface area contributed by atoms with E-state index in [-0.39, 0.29) is 0 Å². The third kappa shape index (κ3) is 2.47. The first-order valence-corrected chi connectivity index (χ1v) is 6.00. The number of hydrogen-bond acceptors (Lipinski definition) is 4. The van der Waals surface area contributed by atoms with Gasteiger partial charge in [-0.2, -0.15) is 10.2 Å². The number of nitrogens with zero attached hydrogens (tertiary/aromatic N) is 4. The second-order valence-electron chi connectivity index (χ2n) is 4.27. The molecule has 0 fully saturated rings. The lowest BCUT2D eigenvalue weighted by atomic mass is 10.1. The minimum absolute atomic E-state index is 0.733. The molecule has 0 amide bonds. The zero-order valence-electron chi connectivity index (χ0n) is 10.5. The normalized spacial score (nSPS) is 10.4. The van der Waals surface area contributed by atoms with Gasteiger partial charge in [0, 0.05) is 29.7 Å². The molecule has 4 heteroatoms. The molecule has 2 aromatic heterocycles. The van der Waals surface area contributed by atoms with Crippen molar-refractivity contribution in [3.05, 3.63) is 60.6 Å². The zero-order chi connectivity index (χ0) is 13.1. The fraction of sp³-hybridized carbons (Fsp3) is 0.0667. The smallest absolute Gasteiger partial charge is 0.159 e. The Morgan fingerprint density at radius 2 is 1.53 bits per heavy atom. The molecule has 0 saturated heterocycles. The molecular weight excluding hydrogens is 236 g/mol. The standard InChI is InChI=1S/C15H12N4/c1-11-9-16-15(17-10-11)13-6-4-12(5-7-13)14-3-2-8-18-19-14/h2-10H,1H3. The maximum Gasteiger partial charge on any atom is 0.159 e. The van der Waals surface area contributed by atoms with Crippen LogP contribution in [0, 0.1) is 6.92 Å². The van der Waals surface area contributed by atoms with Crippen molar-refractivity contribution in [2.75, 3.05) is 0 Å². The summed E-state index contributed by atoms with van der Waals surface area (Å²) in [6.45, 7) is 1.97. The highest BCUT2D eigenvalue weighted by molar-refractivity contribution is 5.64. The van der Waals surface area contributed by atoms with Crippen molar-refractivity contribution in [1.82, 2.24) is 20.2 Å². The Bertz CT molecular complexity index is 661. The summed E-state index contributed by atoms with van der Waals surface area (Å²) in [4.78, 5) is 8.62. The quantitative estimate of drug-likeness (QED) is 0.699. The molecule has 0 atom stereocenters. The predicted molar refractivity (Wildman–Crippen MR) is 73.2 cm³/mol. The second kappa shape index (κ2) is 4.94. The van der Waals surface area contributed by atoms with Crippen molar-refractivity contribution in [2.45, 2.75) is 6.92 Å². The number of aromatic nitrogens is 4.